The zero-order chi connectivity index (χ0) is 11.5. The molecule has 0 aromatic rings. The number of likely N-dealkylation sites (tertiary alicyclic amines) is 1. The number of nitrogens with two attached hydrogens (primary N) is 1. The molecule has 1 saturated carbocycles. The van der Waals surface area contributed by atoms with Crippen molar-refractivity contribution in [1.82, 2.24) is 4.90 Å². The number of rotatable bonds is 3. The summed E-state index contributed by atoms with van der Waals surface area (Å²) >= 11 is 0. The highest BCUT2D eigenvalue weighted by Gasteiger charge is 2.29. The number of hydrogen-bond donors (Lipinski definition) is 1. The van der Waals surface area contributed by atoms with Crippen LogP contribution in [0.25, 0.3) is 0 Å². The molecule has 0 aromatic carbocycles. The van der Waals surface area contributed by atoms with E-state index in [2.05, 4.69) is 18.7 Å². The molecule has 0 radical (unpaired) electrons. The quantitative estimate of drug-likeness (QED) is 0.798. The van der Waals surface area contributed by atoms with Crippen LogP contribution in [0.4, 0.5) is 0 Å². The third kappa shape index (κ3) is 2.98. The average molecular weight is 224 g/mol. The normalized spacial score (nSPS) is 37.1. The van der Waals surface area contributed by atoms with E-state index in [1.165, 1.54) is 51.6 Å². The van der Waals surface area contributed by atoms with Crippen LogP contribution in [0.3, 0.4) is 0 Å². The van der Waals surface area contributed by atoms with Crippen molar-refractivity contribution in [3.05, 3.63) is 0 Å². The van der Waals surface area contributed by atoms with Gasteiger partial charge in [0.25, 0.3) is 0 Å². The molecule has 0 bridgehead atoms. The number of hydrogen-bond acceptors (Lipinski definition) is 2. The lowest BCUT2D eigenvalue weighted by Gasteiger charge is -2.34. The average Bonchev–Trinajstić information content (AvgIpc) is 2.69. The molecule has 2 heteroatoms. The van der Waals surface area contributed by atoms with Crippen LogP contribution in [-0.4, -0.2) is 30.1 Å². The van der Waals surface area contributed by atoms with Gasteiger partial charge in [-0.25, -0.2) is 0 Å². The smallest absolute Gasteiger partial charge is 0.0119 e. The first-order chi connectivity index (χ1) is 7.66. The molecule has 2 N–H and O–H groups in total. The lowest BCUT2D eigenvalue weighted by atomic mass is 9.86. The van der Waals surface area contributed by atoms with E-state index in [1.807, 2.05) is 0 Å². The summed E-state index contributed by atoms with van der Waals surface area (Å²) in [5.41, 5.74) is 5.97. The Morgan fingerprint density at radius 3 is 2.44 bits per heavy atom. The predicted molar refractivity (Wildman–Crippen MR) is 69.4 cm³/mol. The first-order valence-electron chi connectivity index (χ1n) is 7.16. The van der Waals surface area contributed by atoms with E-state index >= 15 is 0 Å². The monoisotopic (exact) mass is 224 g/mol. The van der Waals surface area contributed by atoms with Crippen molar-refractivity contribution in [3.63, 3.8) is 0 Å². The van der Waals surface area contributed by atoms with Gasteiger partial charge < -0.3 is 5.73 Å². The van der Waals surface area contributed by atoms with Gasteiger partial charge in [-0.1, -0.05) is 13.8 Å². The van der Waals surface area contributed by atoms with Crippen molar-refractivity contribution in [2.24, 2.45) is 17.6 Å². The van der Waals surface area contributed by atoms with Crippen LogP contribution in [0.1, 0.15) is 52.4 Å². The lowest BCUT2D eigenvalue weighted by Crippen LogP contribution is -2.39. The van der Waals surface area contributed by atoms with Gasteiger partial charge in [0.1, 0.15) is 0 Å². The Labute approximate surface area is 101 Å². The Morgan fingerprint density at radius 1 is 1.12 bits per heavy atom. The van der Waals surface area contributed by atoms with E-state index in [0.29, 0.717) is 6.04 Å². The van der Waals surface area contributed by atoms with Crippen molar-refractivity contribution in [1.29, 1.82) is 0 Å². The third-order valence-electron chi connectivity index (χ3n) is 4.57. The molecular formula is C14H28N2. The molecule has 16 heavy (non-hydrogen) atoms. The molecule has 2 aliphatic rings. The second-order valence-electron chi connectivity index (χ2n) is 6.23. The molecule has 1 saturated heterocycles. The van der Waals surface area contributed by atoms with E-state index in [4.69, 9.17) is 5.73 Å². The van der Waals surface area contributed by atoms with E-state index < -0.39 is 0 Å². The Morgan fingerprint density at radius 2 is 1.81 bits per heavy atom. The van der Waals surface area contributed by atoms with Crippen LogP contribution in [0.15, 0.2) is 0 Å². The SMILES string of the molecule is CC(C)C1CCCN1CC1CCC(N)CC1. The predicted octanol–water partition coefficient (Wildman–Crippen LogP) is 2.62. The van der Waals surface area contributed by atoms with Crippen LogP contribution in [-0.2, 0) is 0 Å². The topological polar surface area (TPSA) is 29.3 Å². The van der Waals surface area contributed by atoms with Crippen molar-refractivity contribution < 1.29 is 0 Å². The second kappa shape index (κ2) is 5.50. The Kier molecular flexibility index (Phi) is 4.26. The molecule has 0 amide bonds. The molecule has 0 spiro atoms. The van der Waals surface area contributed by atoms with Crippen molar-refractivity contribution >= 4 is 0 Å². The van der Waals surface area contributed by atoms with Crippen LogP contribution in [0, 0.1) is 11.8 Å². The summed E-state index contributed by atoms with van der Waals surface area (Å²) in [4.78, 5) is 2.76. The molecule has 1 unspecified atom stereocenters. The standard InChI is InChI=1S/C14H28N2/c1-11(2)14-4-3-9-16(14)10-12-5-7-13(15)8-6-12/h11-14H,3-10,15H2,1-2H3. The van der Waals surface area contributed by atoms with Crippen LogP contribution < -0.4 is 5.73 Å². The van der Waals surface area contributed by atoms with Crippen LogP contribution in [0.5, 0.6) is 0 Å². The minimum absolute atomic E-state index is 0.496. The molecule has 2 nitrogen and oxygen atoms in total. The maximum Gasteiger partial charge on any atom is 0.0119 e. The Hall–Kier alpha value is -0.0800. The maximum atomic E-state index is 5.97. The van der Waals surface area contributed by atoms with E-state index in [9.17, 15) is 0 Å². The van der Waals surface area contributed by atoms with Gasteiger partial charge in [0, 0.05) is 18.6 Å². The maximum absolute atomic E-state index is 5.97. The summed E-state index contributed by atoms with van der Waals surface area (Å²) in [7, 11) is 0. The molecule has 0 aromatic heterocycles. The molecular weight excluding hydrogens is 196 g/mol. The highest BCUT2D eigenvalue weighted by atomic mass is 15.2. The van der Waals surface area contributed by atoms with Crippen LogP contribution in [0.2, 0.25) is 0 Å². The molecule has 1 aliphatic heterocycles. The molecule has 1 aliphatic carbocycles. The summed E-state index contributed by atoms with van der Waals surface area (Å²) in [6.45, 7) is 7.43. The van der Waals surface area contributed by atoms with Gasteiger partial charge in [0.2, 0.25) is 0 Å². The van der Waals surface area contributed by atoms with E-state index in [0.717, 1.165) is 17.9 Å². The second-order valence-corrected chi connectivity index (χ2v) is 6.23. The van der Waals surface area contributed by atoms with Crippen molar-refractivity contribution in [2.75, 3.05) is 13.1 Å². The summed E-state index contributed by atoms with van der Waals surface area (Å²) in [5.74, 6) is 1.76. The first-order valence-corrected chi connectivity index (χ1v) is 7.16. The third-order valence-corrected chi connectivity index (χ3v) is 4.57. The summed E-state index contributed by atoms with van der Waals surface area (Å²) in [6, 6.07) is 1.35. The van der Waals surface area contributed by atoms with E-state index in [-0.39, 0.29) is 0 Å². The molecule has 2 rings (SSSR count). The highest BCUT2D eigenvalue weighted by Crippen LogP contribution is 2.29. The van der Waals surface area contributed by atoms with Crippen molar-refractivity contribution in [2.45, 2.75) is 64.5 Å². The molecule has 94 valence electrons. The minimum atomic E-state index is 0.496. The van der Waals surface area contributed by atoms with Crippen molar-refractivity contribution in [3.8, 4) is 0 Å². The van der Waals surface area contributed by atoms with Gasteiger partial charge in [-0.3, -0.25) is 4.90 Å². The zero-order valence-electron chi connectivity index (χ0n) is 11.0. The highest BCUT2D eigenvalue weighted by molar-refractivity contribution is 4.84. The van der Waals surface area contributed by atoms with Gasteiger partial charge >= 0.3 is 0 Å². The molecule has 1 heterocycles. The fourth-order valence-electron chi connectivity index (χ4n) is 3.54. The summed E-state index contributed by atoms with van der Waals surface area (Å²) in [6.07, 6.45) is 8.07. The van der Waals surface area contributed by atoms with Gasteiger partial charge in [-0.15, -0.1) is 0 Å². The minimum Gasteiger partial charge on any atom is -0.328 e. The zero-order valence-corrected chi connectivity index (χ0v) is 11.0. The lowest BCUT2D eigenvalue weighted by molar-refractivity contribution is 0.155. The fourth-order valence-corrected chi connectivity index (χ4v) is 3.54. The molecule has 2 fully saturated rings. The molecule has 1 atom stereocenters. The van der Waals surface area contributed by atoms with Gasteiger partial charge in [0.05, 0.1) is 0 Å². The van der Waals surface area contributed by atoms with Gasteiger partial charge in [-0.05, 0) is 56.9 Å². The Balaban J connectivity index is 1.80. The number of nitrogens with zero attached hydrogens (tertiary/aromatic N) is 1. The van der Waals surface area contributed by atoms with E-state index in [1.54, 1.807) is 0 Å². The van der Waals surface area contributed by atoms with Crippen LogP contribution >= 0.6 is 0 Å². The Bertz CT molecular complexity index is 207. The first kappa shape index (κ1) is 12.4. The van der Waals surface area contributed by atoms with Gasteiger partial charge in [0.15, 0.2) is 0 Å². The largest absolute Gasteiger partial charge is 0.328 e. The summed E-state index contributed by atoms with van der Waals surface area (Å²) < 4.78 is 0. The van der Waals surface area contributed by atoms with Gasteiger partial charge in [-0.2, -0.15) is 0 Å². The fraction of sp³-hybridized carbons (Fsp3) is 1.00. The summed E-state index contributed by atoms with van der Waals surface area (Å²) in [5, 5.41) is 0.